The molecule has 23 heavy (non-hydrogen) atoms. The van der Waals surface area contributed by atoms with Crippen LogP contribution in [0.2, 0.25) is 0 Å². The maximum Gasteiger partial charge on any atom is 0.416 e. The molecule has 1 aromatic rings. The minimum absolute atomic E-state index is 0.0790. The summed E-state index contributed by atoms with van der Waals surface area (Å²) in [7, 11) is 0. The van der Waals surface area contributed by atoms with Gasteiger partial charge < -0.3 is 4.74 Å². The van der Waals surface area contributed by atoms with Crippen LogP contribution in [-0.4, -0.2) is 29.5 Å². The van der Waals surface area contributed by atoms with Gasteiger partial charge in [-0.25, -0.2) is 9.69 Å². The molecular formula is C19H23NO3. The summed E-state index contributed by atoms with van der Waals surface area (Å²) in [5, 5.41) is 0. The van der Waals surface area contributed by atoms with Crippen LogP contribution in [0, 0.1) is 11.8 Å². The van der Waals surface area contributed by atoms with Gasteiger partial charge in [-0.2, -0.15) is 0 Å². The summed E-state index contributed by atoms with van der Waals surface area (Å²) in [5.41, 5.74) is 2.44. The first-order valence-electron chi connectivity index (χ1n) is 8.25. The van der Waals surface area contributed by atoms with Gasteiger partial charge in [0.15, 0.2) is 0 Å². The van der Waals surface area contributed by atoms with Crippen LogP contribution in [0.3, 0.4) is 0 Å². The van der Waals surface area contributed by atoms with Crippen molar-refractivity contribution < 1.29 is 14.3 Å². The minimum Gasteiger partial charge on any atom is -0.447 e. The van der Waals surface area contributed by atoms with Crippen molar-refractivity contribution in [3.05, 3.63) is 47.5 Å². The summed E-state index contributed by atoms with van der Waals surface area (Å²) in [6.07, 6.45) is 3.91. The average Bonchev–Trinajstić information content (AvgIpc) is 2.88. The van der Waals surface area contributed by atoms with E-state index < -0.39 is 6.09 Å². The van der Waals surface area contributed by atoms with Crippen LogP contribution in [0.1, 0.15) is 32.3 Å². The Morgan fingerprint density at radius 3 is 2.74 bits per heavy atom. The Balaban J connectivity index is 1.76. The second-order valence-electron chi connectivity index (χ2n) is 6.70. The van der Waals surface area contributed by atoms with Crippen LogP contribution in [0.5, 0.6) is 0 Å². The number of hydrogen-bond acceptors (Lipinski definition) is 3. The number of cyclic esters (lactones) is 1. The minimum atomic E-state index is -0.491. The van der Waals surface area contributed by atoms with E-state index in [0.717, 1.165) is 12.0 Å². The van der Waals surface area contributed by atoms with E-state index in [1.165, 1.54) is 10.5 Å². The predicted molar refractivity (Wildman–Crippen MR) is 87.8 cm³/mol. The maximum absolute atomic E-state index is 12.9. The number of amides is 2. The number of hydrogen-bond donors (Lipinski definition) is 0. The van der Waals surface area contributed by atoms with Crippen LogP contribution in [0.25, 0.3) is 0 Å². The van der Waals surface area contributed by atoms with E-state index in [9.17, 15) is 9.59 Å². The molecule has 122 valence electrons. The van der Waals surface area contributed by atoms with Crippen LogP contribution >= 0.6 is 0 Å². The number of rotatable bonds is 3. The van der Waals surface area contributed by atoms with Crippen molar-refractivity contribution in [3.63, 3.8) is 0 Å². The van der Waals surface area contributed by atoms with Crippen molar-refractivity contribution in [2.45, 2.75) is 39.2 Å². The molecule has 1 aromatic carbocycles. The van der Waals surface area contributed by atoms with Crippen molar-refractivity contribution in [1.29, 1.82) is 0 Å². The largest absolute Gasteiger partial charge is 0.447 e. The lowest BCUT2D eigenvalue weighted by molar-refractivity contribution is -0.135. The van der Waals surface area contributed by atoms with Crippen molar-refractivity contribution in [2.75, 3.05) is 6.61 Å². The molecule has 1 unspecified atom stereocenters. The summed E-state index contributed by atoms with van der Waals surface area (Å²) in [6.45, 7) is 4.47. The Bertz CT molecular complexity index is 623. The summed E-state index contributed by atoms with van der Waals surface area (Å²) in [6, 6.07) is 9.73. The lowest BCUT2D eigenvalue weighted by Gasteiger charge is -2.30. The summed E-state index contributed by atoms with van der Waals surface area (Å²) in [4.78, 5) is 26.4. The topological polar surface area (TPSA) is 46.6 Å². The summed E-state index contributed by atoms with van der Waals surface area (Å²) < 4.78 is 5.17. The molecule has 4 heteroatoms. The fourth-order valence-electron chi connectivity index (χ4n) is 3.58. The van der Waals surface area contributed by atoms with Crippen molar-refractivity contribution in [2.24, 2.45) is 11.8 Å². The van der Waals surface area contributed by atoms with Gasteiger partial charge in [0.25, 0.3) is 0 Å². The lowest BCUT2D eigenvalue weighted by atomic mass is 9.80. The Labute approximate surface area is 137 Å². The third kappa shape index (κ3) is 3.31. The molecule has 0 aromatic heterocycles. The highest BCUT2D eigenvalue weighted by molar-refractivity contribution is 5.95. The van der Waals surface area contributed by atoms with E-state index in [1.807, 2.05) is 30.3 Å². The van der Waals surface area contributed by atoms with E-state index in [2.05, 4.69) is 19.9 Å². The molecule has 4 nitrogen and oxygen atoms in total. The van der Waals surface area contributed by atoms with Crippen LogP contribution < -0.4 is 0 Å². The van der Waals surface area contributed by atoms with Gasteiger partial charge in [0.05, 0.1) is 6.04 Å². The third-order valence-corrected chi connectivity index (χ3v) is 4.88. The molecule has 0 N–H and O–H groups in total. The predicted octanol–water partition coefficient (Wildman–Crippen LogP) is 3.57. The molecule has 1 heterocycles. The maximum atomic E-state index is 12.9. The molecule has 1 aliphatic carbocycles. The highest BCUT2D eigenvalue weighted by atomic mass is 16.6. The van der Waals surface area contributed by atoms with Gasteiger partial charge in [-0.3, -0.25) is 4.79 Å². The molecule has 2 aliphatic rings. The smallest absolute Gasteiger partial charge is 0.416 e. The number of allylic oxidation sites excluding steroid dienone is 2. The van der Waals surface area contributed by atoms with Gasteiger partial charge >= 0.3 is 6.09 Å². The molecule has 1 saturated heterocycles. The second kappa shape index (κ2) is 6.57. The van der Waals surface area contributed by atoms with Crippen molar-refractivity contribution >= 4 is 12.0 Å². The quantitative estimate of drug-likeness (QED) is 0.802. The second-order valence-corrected chi connectivity index (χ2v) is 6.70. The molecule has 2 amide bonds. The van der Waals surface area contributed by atoms with E-state index in [4.69, 9.17) is 4.74 Å². The van der Waals surface area contributed by atoms with Gasteiger partial charge in [0.2, 0.25) is 5.91 Å². The first-order chi connectivity index (χ1) is 11.1. The van der Waals surface area contributed by atoms with Gasteiger partial charge in [-0.1, -0.05) is 48.9 Å². The third-order valence-electron chi connectivity index (χ3n) is 4.88. The van der Waals surface area contributed by atoms with E-state index >= 15 is 0 Å². The van der Waals surface area contributed by atoms with Crippen LogP contribution in [-0.2, 0) is 16.0 Å². The fraction of sp³-hybridized carbons (Fsp3) is 0.474. The summed E-state index contributed by atoms with van der Waals surface area (Å²) in [5.74, 6) is 0.0607. The molecule has 3 atom stereocenters. The zero-order valence-corrected chi connectivity index (χ0v) is 13.7. The Morgan fingerprint density at radius 2 is 2.04 bits per heavy atom. The zero-order chi connectivity index (χ0) is 16.4. The molecule has 0 saturated carbocycles. The Morgan fingerprint density at radius 1 is 1.30 bits per heavy atom. The van der Waals surface area contributed by atoms with Crippen LogP contribution in [0.4, 0.5) is 4.79 Å². The number of nitrogens with zero attached hydrogens (tertiary/aromatic N) is 1. The van der Waals surface area contributed by atoms with Gasteiger partial charge in [0, 0.05) is 5.92 Å². The fourth-order valence-corrected chi connectivity index (χ4v) is 3.58. The molecule has 1 fully saturated rings. The number of benzene rings is 1. The summed E-state index contributed by atoms with van der Waals surface area (Å²) >= 11 is 0. The van der Waals surface area contributed by atoms with Gasteiger partial charge in [0.1, 0.15) is 6.61 Å². The molecule has 1 aliphatic heterocycles. The Kier molecular flexibility index (Phi) is 4.51. The standard InChI is InChI=1S/C19H23NO3/c1-13-8-9-17(14(2)10-13)18(21)20-16(12-23-19(20)22)11-15-6-4-3-5-7-15/h3-8,14,16-17H,9-12H2,1-2H3/t14-,16?,17-/m0/s1. The SMILES string of the molecule is CC1=CC[C@H](C(=O)N2C(=O)OCC2Cc2ccccc2)[C@@H](C)C1. The number of ether oxygens (including phenoxy) is 1. The van der Waals surface area contributed by atoms with E-state index in [1.54, 1.807) is 0 Å². The lowest BCUT2D eigenvalue weighted by Crippen LogP contribution is -2.45. The Hall–Kier alpha value is -2.10. The monoisotopic (exact) mass is 313 g/mol. The van der Waals surface area contributed by atoms with Crippen molar-refractivity contribution in [1.82, 2.24) is 4.90 Å². The average molecular weight is 313 g/mol. The molecular weight excluding hydrogens is 290 g/mol. The zero-order valence-electron chi connectivity index (χ0n) is 13.7. The van der Waals surface area contributed by atoms with Gasteiger partial charge in [-0.05, 0) is 37.7 Å². The highest BCUT2D eigenvalue weighted by Crippen LogP contribution is 2.32. The van der Waals surface area contributed by atoms with Crippen LogP contribution in [0.15, 0.2) is 42.0 Å². The van der Waals surface area contributed by atoms with E-state index in [-0.39, 0.29) is 30.4 Å². The molecule has 0 spiro atoms. The highest BCUT2D eigenvalue weighted by Gasteiger charge is 2.42. The van der Waals surface area contributed by atoms with E-state index in [0.29, 0.717) is 12.8 Å². The number of imide groups is 1. The first-order valence-corrected chi connectivity index (χ1v) is 8.25. The molecule has 0 bridgehead atoms. The first kappa shape index (κ1) is 15.8. The number of carbonyl (C=O) groups is 2. The molecule has 0 radical (unpaired) electrons. The number of carbonyl (C=O) groups excluding carboxylic acids is 2. The molecule has 3 rings (SSSR count). The van der Waals surface area contributed by atoms with Crippen molar-refractivity contribution in [3.8, 4) is 0 Å². The normalized spacial score (nSPS) is 27.6. The van der Waals surface area contributed by atoms with Gasteiger partial charge in [-0.15, -0.1) is 0 Å².